The number of hydrogen-bond donors (Lipinski definition) is 3. The van der Waals surface area contributed by atoms with Crippen LogP contribution in [0.3, 0.4) is 0 Å². The van der Waals surface area contributed by atoms with Gasteiger partial charge in [0.1, 0.15) is 17.2 Å². The first kappa shape index (κ1) is 28.7. The molecule has 0 aromatic carbocycles. The number of rotatable bonds is 9. The predicted octanol–water partition coefficient (Wildman–Crippen LogP) is 3.94. The van der Waals surface area contributed by atoms with Gasteiger partial charge in [-0.1, -0.05) is 25.8 Å². The second-order valence-electron chi connectivity index (χ2n) is 8.66. The van der Waals surface area contributed by atoms with Gasteiger partial charge >= 0.3 is 6.09 Å². The molecule has 10 heteroatoms. The van der Waals surface area contributed by atoms with Crippen molar-refractivity contribution in [3.8, 4) is 5.82 Å². The van der Waals surface area contributed by atoms with Crippen LogP contribution in [0.5, 0.6) is 0 Å². The van der Waals surface area contributed by atoms with Crippen LogP contribution in [0.2, 0.25) is 0 Å². The lowest BCUT2D eigenvalue weighted by Gasteiger charge is -2.24. The predicted molar refractivity (Wildman–Crippen MR) is 142 cm³/mol. The Morgan fingerprint density at radius 1 is 1.24 bits per heavy atom. The molecule has 0 aliphatic heterocycles. The van der Waals surface area contributed by atoms with Crippen molar-refractivity contribution in [3.05, 3.63) is 42.1 Å². The van der Waals surface area contributed by atoms with E-state index in [9.17, 15) is 4.79 Å². The summed E-state index contributed by atoms with van der Waals surface area (Å²) in [6, 6.07) is 4.04. The van der Waals surface area contributed by atoms with E-state index in [1.165, 1.54) is 0 Å². The van der Waals surface area contributed by atoms with Gasteiger partial charge in [0.25, 0.3) is 0 Å². The van der Waals surface area contributed by atoms with Crippen molar-refractivity contribution >= 4 is 36.0 Å². The maximum absolute atomic E-state index is 12.0. The van der Waals surface area contributed by atoms with Crippen molar-refractivity contribution in [2.24, 2.45) is 4.99 Å². The SMILES string of the molecule is CCCCC(CNC(=O)OC(C)(C)C)NC(=NC)NCc1ccc(-n2ccnc2C)nc1.I. The molecule has 0 aliphatic carbocycles. The number of pyridine rings is 1. The first-order valence-corrected chi connectivity index (χ1v) is 11.1. The number of nitrogens with one attached hydrogen (secondary N) is 3. The van der Waals surface area contributed by atoms with E-state index < -0.39 is 11.7 Å². The van der Waals surface area contributed by atoms with E-state index in [2.05, 4.69) is 37.8 Å². The molecule has 2 heterocycles. The zero-order valence-corrected chi connectivity index (χ0v) is 22.8. The number of nitrogens with zero attached hydrogens (tertiary/aromatic N) is 4. The zero-order valence-electron chi connectivity index (χ0n) is 20.5. The monoisotopic (exact) mass is 571 g/mol. The number of aliphatic imine (C=N–C) groups is 1. The van der Waals surface area contributed by atoms with Crippen molar-refractivity contribution in [2.45, 2.75) is 72.1 Å². The third-order valence-electron chi connectivity index (χ3n) is 4.70. The molecule has 0 fully saturated rings. The zero-order chi connectivity index (χ0) is 23.6. The first-order chi connectivity index (χ1) is 15.2. The number of imidazole rings is 1. The minimum absolute atomic E-state index is 0. The molecule has 184 valence electrons. The summed E-state index contributed by atoms with van der Waals surface area (Å²) in [7, 11) is 1.73. The third-order valence-corrected chi connectivity index (χ3v) is 4.70. The number of alkyl carbamates (subject to hydrolysis) is 1. The molecule has 33 heavy (non-hydrogen) atoms. The van der Waals surface area contributed by atoms with Crippen LogP contribution >= 0.6 is 24.0 Å². The molecule has 3 N–H and O–H groups in total. The average molecular weight is 572 g/mol. The maximum atomic E-state index is 12.0. The number of amides is 1. The lowest BCUT2D eigenvalue weighted by molar-refractivity contribution is 0.0522. The Labute approximate surface area is 214 Å². The summed E-state index contributed by atoms with van der Waals surface area (Å²) in [6.45, 7) is 10.7. The van der Waals surface area contributed by atoms with Crippen molar-refractivity contribution < 1.29 is 9.53 Å². The van der Waals surface area contributed by atoms with Gasteiger partial charge in [-0.2, -0.15) is 0 Å². The fraction of sp³-hybridized carbons (Fsp3) is 0.565. The highest BCUT2D eigenvalue weighted by Crippen LogP contribution is 2.09. The smallest absolute Gasteiger partial charge is 0.407 e. The summed E-state index contributed by atoms with van der Waals surface area (Å²) in [5.41, 5.74) is 0.514. The van der Waals surface area contributed by atoms with E-state index in [4.69, 9.17) is 4.74 Å². The summed E-state index contributed by atoms with van der Waals surface area (Å²) < 4.78 is 7.27. The van der Waals surface area contributed by atoms with Crippen molar-refractivity contribution in [1.82, 2.24) is 30.5 Å². The summed E-state index contributed by atoms with van der Waals surface area (Å²) in [4.78, 5) is 25.1. The minimum Gasteiger partial charge on any atom is -0.444 e. The van der Waals surface area contributed by atoms with E-state index in [0.717, 1.165) is 36.5 Å². The van der Waals surface area contributed by atoms with Gasteiger partial charge in [0, 0.05) is 44.8 Å². The van der Waals surface area contributed by atoms with Crippen molar-refractivity contribution in [2.75, 3.05) is 13.6 Å². The van der Waals surface area contributed by atoms with Crippen LogP contribution in [-0.2, 0) is 11.3 Å². The van der Waals surface area contributed by atoms with Crippen LogP contribution in [0.25, 0.3) is 5.82 Å². The lowest BCUT2D eigenvalue weighted by atomic mass is 10.1. The molecule has 0 radical (unpaired) electrons. The summed E-state index contributed by atoms with van der Waals surface area (Å²) in [6.07, 6.45) is 8.11. The Balaban J connectivity index is 0.00000544. The van der Waals surface area contributed by atoms with E-state index in [1.807, 2.05) is 56.8 Å². The maximum Gasteiger partial charge on any atom is 0.407 e. The number of halogens is 1. The largest absolute Gasteiger partial charge is 0.444 e. The Kier molecular flexibility index (Phi) is 12.2. The Hall–Kier alpha value is -2.37. The minimum atomic E-state index is -0.520. The van der Waals surface area contributed by atoms with Gasteiger partial charge in [-0.3, -0.25) is 9.56 Å². The van der Waals surface area contributed by atoms with Gasteiger partial charge < -0.3 is 20.7 Å². The molecule has 0 spiro atoms. The fourth-order valence-corrected chi connectivity index (χ4v) is 3.05. The van der Waals surface area contributed by atoms with Gasteiger partial charge in [-0.05, 0) is 45.7 Å². The van der Waals surface area contributed by atoms with Crippen LogP contribution in [0.15, 0.2) is 35.7 Å². The normalized spacial score (nSPS) is 12.5. The van der Waals surface area contributed by atoms with Crippen molar-refractivity contribution in [3.63, 3.8) is 0 Å². The number of guanidine groups is 1. The van der Waals surface area contributed by atoms with Gasteiger partial charge in [-0.15, -0.1) is 24.0 Å². The molecule has 0 saturated heterocycles. The number of carbonyl (C=O) groups is 1. The summed E-state index contributed by atoms with van der Waals surface area (Å²) in [5.74, 6) is 2.40. The van der Waals surface area contributed by atoms with E-state index in [0.29, 0.717) is 19.0 Å². The van der Waals surface area contributed by atoms with Gasteiger partial charge in [0.05, 0.1) is 0 Å². The Morgan fingerprint density at radius 3 is 2.55 bits per heavy atom. The van der Waals surface area contributed by atoms with Crippen LogP contribution in [0.1, 0.15) is 58.3 Å². The molecule has 0 bridgehead atoms. The molecule has 0 aliphatic rings. The molecule has 9 nitrogen and oxygen atoms in total. The standard InChI is InChI=1S/C23H37N7O2.HI/c1-7-8-9-19(16-28-22(31)32-23(3,4)5)29-21(24-6)27-15-18-10-11-20(26-14-18)30-13-12-25-17(30)2;/h10-14,19H,7-9,15-16H2,1-6H3,(H,28,31)(H2,24,27,29);1H. The van der Waals surface area contributed by atoms with Crippen LogP contribution in [0.4, 0.5) is 4.79 Å². The fourth-order valence-electron chi connectivity index (χ4n) is 3.05. The molecular formula is C23H38IN7O2. The number of aromatic nitrogens is 3. The molecule has 1 atom stereocenters. The van der Waals surface area contributed by atoms with E-state index in [1.54, 1.807) is 13.2 Å². The summed E-state index contributed by atoms with van der Waals surface area (Å²) in [5, 5.41) is 9.58. The average Bonchev–Trinajstić information content (AvgIpc) is 3.17. The topological polar surface area (TPSA) is 105 Å². The van der Waals surface area contributed by atoms with Gasteiger partial charge in [-0.25, -0.2) is 14.8 Å². The van der Waals surface area contributed by atoms with Crippen LogP contribution in [0, 0.1) is 6.92 Å². The van der Waals surface area contributed by atoms with Crippen LogP contribution in [-0.4, -0.2) is 51.8 Å². The van der Waals surface area contributed by atoms with E-state index >= 15 is 0 Å². The highest BCUT2D eigenvalue weighted by molar-refractivity contribution is 14.0. The molecular weight excluding hydrogens is 533 g/mol. The summed E-state index contributed by atoms with van der Waals surface area (Å²) >= 11 is 0. The van der Waals surface area contributed by atoms with E-state index in [-0.39, 0.29) is 30.0 Å². The lowest BCUT2D eigenvalue weighted by Crippen LogP contribution is -2.48. The van der Waals surface area contributed by atoms with Gasteiger partial charge in [0.15, 0.2) is 5.96 Å². The number of ether oxygens (including phenoxy) is 1. The Bertz CT molecular complexity index is 876. The quantitative estimate of drug-likeness (QED) is 0.239. The number of unbranched alkanes of at least 4 members (excludes halogenated alkanes) is 1. The number of carbonyl (C=O) groups excluding carboxylic acids is 1. The molecule has 0 saturated carbocycles. The second kappa shape index (κ2) is 14.0. The first-order valence-electron chi connectivity index (χ1n) is 11.1. The Morgan fingerprint density at radius 2 is 2.00 bits per heavy atom. The molecule has 1 amide bonds. The molecule has 2 rings (SSSR count). The molecule has 1 unspecified atom stereocenters. The third kappa shape index (κ3) is 10.4. The van der Waals surface area contributed by atoms with Gasteiger partial charge in [0.2, 0.25) is 0 Å². The highest BCUT2D eigenvalue weighted by atomic mass is 127. The highest BCUT2D eigenvalue weighted by Gasteiger charge is 2.18. The second-order valence-corrected chi connectivity index (χ2v) is 8.66. The van der Waals surface area contributed by atoms with Crippen molar-refractivity contribution in [1.29, 1.82) is 0 Å². The molecule has 2 aromatic rings. The van der Waals surface area contributed by atoms with Crippen LogP contribution < -0.4 is 16.0 Å². The number of aryl methyl sites for hydroxylation is 1. The number of hydrogen-bond acceptors (Lipinski definition) is 5. The molecule has 2 aromatic heterocycles.